The minimum absolute atomic E-state index is 0.144. The molecule has 1 heterocycles. The molecule has 0 fully saturated rings. The smallest absolute Gasteiger partial charge is 0.234 e. The molecule has 0 spiro atoms. The average Bonchev–Trinajstić information content (AvgIpc) is 3.20. The van der Waals surface area contributed by atoms with Crippen molar-refractivity contribution in [2.75, 3.05) is 32.4 Å². The zero-order valence-corrected chi connectivity index (χ0v) is 16.4. The molecule has 1 N–H and O–H groups in total. The molecule has 0 saturated heterocycles. The van der Waals surface area contributed by atoms with Crippen LogP contribution in [0.4, 0.5) is 5.69 Å². The number of hydrogen-bond donors (Lipinski definition) is 1. The van der Waals surface area contributed by atoms with Crippen molar-refractivity contribution in [3.63, 3.8) is 0 Å². The van der Waals surface area contributed by atoms with Crippen LogP contribution in [-0.4, -0.2) is 53.2 Å². The summed E-state index contributed by atoms with van der Waals surface area (Å²) in [6.07, 6.45) is 0. The summed E-state index contributed by atoms with van der Waals surface area (Å²) in [5.41, 5.74) is 1.35. The SMILES string of the molecule is COc1cccc(NC(=O)CSc2nnnn2-c2ccc(OC)c(OC)c2)c1. The first-order valence-electron chi connectivity index (χ1n) is 8.22. The number of amides is 1. The van der Waals surface area contributed by atoms with Gasteiger partial charge in [-0.05, 0) is 34.7 Å². The molecule has 3 aromatic rings. The quantitative estimate of drug-likeness (QED) is 0.575. The maximum Gasteiger partial charge on any atom is 0.234 e. The number of carbonyl (C=O) groups excluding carboxylic acids is 1. The number of nitrogens with zero attached hydrogens (tertiary/aromatic N) is 4. The highest BCUT2D eigenvalue weighted by Crippen LogP contribution is 2.30. The summed E-state index contributed by atoms with van der Waals surface area (Å²) >= 11 is 1.22. The summed E-state index contributed by atoms with van der Waals surface area (Å²) in [5, 5.41) is 15.0. The van der Waals surface area contributed by atoms with Crippen LogP contribution in [0.25, 0.3) is 5.69 Å². The van der Waals surface area contributed by atoms with Gasteiger partial charge in [-0.3, -0.25) is 4.79 Å². The van der Waals surface area contributed by atoms with Crippen molar-refractivity contribution in [3.8, 4) is 22.9 Å². The van der Waals surface area contributed by atoms with Crippen molar-refractivity contribution in [2.45, 2.75) is 5.16 Å². The molecule has 3 rings (SSSR count). The van der Waals surface area contributed by atoms with E-state index in [4.69, 9.17) is 14.2 Å². The Morgan fingerprint density at radius 1 is 1.07 bits per heavy atom. The van der Waals surface area contributed by atoms with E-state index in [-0.39, 0.29) is 11.7 Å². The van der Waals surface area contributed by atoms with Crippen LogP contribution in [0.3, 0.4) is 0 Å². The fourth-order valence-electron chi connectivity index (χ4n) is 2.42. The third kappa shape index (κ3) is 4.52. The number of nitrogens with one attached hydrogen (secondary N) is 1. The Kier molecular flexibility index (Phi) is 6.33. The molecule has 0 unspecified atom stereocenters. The van der Waals surface area contributed by atoms with Crippen LogP contribution in [0, 0.1) is 0 Å². The Morgan fingerprint density at radius 2 is 1.89 bits per heavy atom. The molecule has 0 saturated carbocycles. The molecule has 9 nitrogen and oxygen atoms in total. The predicted octanol–water partition coefficient (Wildman–Crippen LogP) is 2.42. The largest absolute Gasteiger partial charge is 0.497 e. The maximum atomic E-state index is 12.3. The normalized spacial score (nSPS) is 10.4. The molecule has 0 aliphatic heterocycles. The summed E-state index contributed by atoms with van der Waals surface area (Å²) in [4.78, 5) is 12.3. The first kappa shape index (κ1) is 19.5. The van der Waals surface area contributed by atoms with E-state index in [9.17, 15) is 4.79 Å². The maximum absolute atomic E-state index is 12.3. The lowest BCUT2D eigenvalue weighted by atomic mass is 10.3. The molecular weight excluding hydrogens is 382 g/mol. The molecule has 28 heavy (non-hydrogen) atoms. The second-order valence-corrected chi connectivity index (χ2v) is 6.42. The lowest BCUT2D eigenvalue weighted by Gasteiger charge is -2.10. The van der Waals surface area contributed by atoms with Gasteiger partial charge in [-0.15, -0.1) is 5.10 Å². The fourth-order valence-corrected chi connectivity index (χ4v) is 3.11. The monoisotopic (exact) mass is 401 g/mol. The summed E-state index contributed by atoms with van der Waals surface area (Å²) in [6.45, 7) is 0. The number of ether oxygens (including phenoxy) is 3. The number of thioether (sulfide) groups is 1. The molecule has 0 radical (unpaired) electrons. The van der Waals surface area contributed by atoms with Gasteiger partial charge >= 0.3 is 0 Å². The molecule has 1 aromatic heterocycles. The Balaban J connectivity index is 1.68. The number of methoxy groups -OCH3 is 3. The Bertz CT molecular complexity index is 963. The van der Waals surface area contributed by atoms with E-state index in [1.807, 2.05) is 6.07 Å². The van der Waals surface area contributed by atoms with Crippen LogP contribution < -0.4 is 19.5 Å². The molecule has 10 heteroatoms. The standard InChI is InChI=1S/C18H19N5O4S/c1-25-14-6-4-5-12(9-14)19-17(24)11-28-18-20-21-22-23(18)13-7-8-15(26-2)16(10-13)27-3/h4-10H,11H2,1-3H3,(H,19,24). The Hall–Kier alpha value is -3.27. The van der Waals surface area contributed by atoms with Gasteiger partial charge in [0.1, 0.15) is 5.75 Å². The highest BCUT2D eigenvalue weighted by molar-refractivity contribution is 7.99. The van der Waals surface area contributed by atoms with E-state index < -0.39 is 0 Å². The van der Waals surface area contributed by atoms with Crippen LogP contribution in [0.15, 0.2) is 47.6 Å². The summed E-state index contributed by atoms with van der Waals surface area (Å²) in [6, 6.07) is 12.5. The van der Waals surface area contributed by atoms with Gasteiger partial charge in [0.05, 0.1) is 32.8 Å². The van der Waals surface area contributed by atoms with E-state index in [0.29, 0.717) is 33.8 Å². The number of hydrogen-bond acceptors (Lipinski definition) is 8. The predicted molar refractivity (Wildman–Crippen MR) is 105 cm³/mol. The summed E-state index contributed by atoms with van der Waals surface area (Å²) in [7, 11) is 4.70. The van der Waals surface area contributed by atoms with Gasteiger partial charge in [0.25, 0.3) is 0 Å². The van der Waals surface area contributed by atoms with Crippen molar-refractivity contribution in [1.29, 1.82) is 0 Å². The van der Waals surface area contributed by atoms with Crippen molar-refractivity contribution in [2.24, 2.45) is 0 Å². The van der Waals surface area contributed by atoms with Gasteiger partial charge in [-0.1, -0.05) is 17.8 Å². The van der Waals surface area contributed by atoms with Gasteiger partial charge in [-0.25, -0.2) is 0 Å². The van der Waals surface area contributed by atoms with Crippen LogP contribution in [0.2, 0.25) is 0 Å². The molecule has 2 aromatic carbocycles. The molecule has 0 aliphatic rings. The van der Waals surface area contributed by atoms with Gasteiger partial charge < -0.3 is 19.5 Å². The third-order valence-corrected chi connectivity index (χ3v) is 4.66. The molecule has 0 bridgehead atoms. The first-order chi connectivity index (χ1) is 13.6. The zero-order valence-electron chi connectivity index (χ0n) is 15.6. The van der Waals surface area contributed by atoms with Crippen LogP contribution >= 0.6 is 11.8 Å². The second kappa shape index (κ2) is 9.09. The highest BCUT2D eigenvalue weighted by atomic mass is 32.2. The van der Waals surface area contributed by atoms with E-state index in [2.05, 4.69) is 20.8 Å². The Morgan fingerprint density at radius 3 is 2.64 bits per heavy atom. The number of aromatic nitrogens is 4. The van der Waals surface area contributed by atoms with Gasteiger partial charge in [0, 0.05) is 17.8 Å². The lowest BCUT2D eigenvalue weighted by molar-refractivity contribution is -0.113. The van der Waals surface area contributed by atoms with Gasteiger partial charge in [-0.2, -0.15) is 4.68 Å². The molecule has 0 atom stereocenters. The lowest BCUT2D eigenvalue weighted by Crippen LogP contribution is -2.14. The molecule has 146 valence electrons. The second-order valence-electron chi connectivity index (χ2n) is 5.48. The summed E-state index contributed by atoms with van der Waals surface area (Å²) < 4.78 is 17.2. The number of tetrazole rings is 1. The highest BCUT2D eigenvalue weighted by Gasteiger charge is 2.14. The van der Waals surface area contributed by atoms with E-state index in [1.54, 1.807) is 57.7 Å². The Labute approximate surface area is 166 Å². The van der Waals surface area contributed by atoms with E-state index >= 15 is 0 Å². The first-order valence-corrected chi connectivity index (χ1v) is 9.20. The van der Waals surface area contributed by atoms with Crippen molar-refractivity contribution >= 4 is 23.4 Å². The minimum atomic E-state index is -0.180. The van der Waals surface area contributed by atoms with E-state index in [1.165, 1.54) is 16.4 Å². The number of rotatable bonds is 8. The number of carbonyl (C=O) groups is 1. The topological polar surface area (TPSA) is 100 Å². The van der Waals surface area contributed by atoms with E-state index in [0.717, 1.165) is 0 Å². The number of anilines is 1. The van der Waals surface area contributed by atoms with Crippen molar-refractivity contribution in [1.82, 2.24) is 20.2 Å². The fraction of sp³-hybridized carbons (Fsp3) is 0.222. The molecule has 0 aliphatic carbocycles. The van der Waals surface area contributed by atoms with Gasteiger partial charge in [0.2, 0.25) is 11.1 Å². The minimum Gasteiger partial charge on any atom is -0.497 e. The molecule has 1 amide bonds. The zero-order chi connectivity index (χ0) is 19.9. The van der Waals surface area contributed by atoms with Crippen LogP contribution in [0.1, 0.15) is 0 Å². The van der Waals surface area contributed by atoms with Crippen molar-refractivity contribution < 1.29 is 19.0 Å². The third-order valence-electron chi connectivity index (χ3n) is 3.74. The van der Waals surface area contributed by atoms with Gasteiger partial charge in [0.15, 0.2) is 11.5 Å². The van der Waals surface area contributed by atoms with Crippen LogP contribution in [-0.2, 0) is 4.79 Å². The average molecular weight is 401 g/mol. The molecular formula is C18H19N5O4S. The number of benzene rings is 2. The summed E-state index contributed by atoms with van der Waals surface area (Å²) in [5.74, 6) is 1.79. The van der Waals surface area contributed by atoms with Crippen LogP contribution in [0.5, 0.6) is 17.2 Å². The van der Waals surface area contributed by atoms with Crippen molar-refractivity contribution in [3.05, 3.63) is 42.5 Å².